The molecule has 0 aromatic rings. The van der Waals surface area contributed by atoms with Gasteiger partial charge in [-0.15, -0.1) is 0 Å². The normalized spacial score (nSPS) is 11.4. The van der Waals surface area contributed by atoms with Gasteiger partial charge in [0.1, 0.15) is 6.61 Å². The Morgan fingerprint density at radius 2 is 0.565 bits per heavy atom. The van der Waals surface area contributed by atoms with Gasteiger partial charge in [0, 0.05) is 13.0 Å². The van der Waals surface area contributed by atoms with Crippen molar-refractivity contribution in [1.29, 1.82) is 0 Å². The molecule has 0 aromatic heterocycles. The molecule has 0 atom stereocenters. The Labute approximate surface area is 285 Å². The number of carbonyl (C=O) groups is 1. The van der Waals surface area contributed by atoms with Crippen molar-refractivity contribution in [2.75, 3.05) is 72.7 Å². The third-order valence-electron chi connectivity index (χ3n) is 8.36. The van der Waals surface area contributed by atoms with E-state index in [-0.39, 0.29) is 5.97 Å². The SMILES string of the molecule is CCCCCCCCCCCCCCCC(=O)OCCOCCOCCOCCOCCOCCCCCCCCCCCCC. The third-order valence-corrected chi connectivity index (χ3v) is 8.36. The summed E-state index contributed by atoms with van der Waals surface area (Å²) in [6.45, 7) is 10.5. The van der Waals surface area contributed by atoms with Gasteiger partial charge in [-0.25, -0.2) is 0 Å². The summed E-state index contributed by atoms with van der Waals surface area (Å²) < 4.78 is 33.0. The highest BCUT2D eigenvalue weighted by molar-refractivity contribution is 5.69. The molecular weight excluding hydrogens is 580 g/mol. The molecule has 46 heavy (non-hydrogen) atoms. The van der Waals surface area contributed by atoms with Crippen LogP contribution < -0.4 is 0 Å². The van der Waals surface area contributed by atoms with E-state index in [1.54, 1.807) is 0 Å². The molecule has 0 rings (SSSR count). The van der Waals surface area contributed by atoms with Crippen molar-refractivity contribution in [3.8, 4) is 0 Å². The Morgan fingerprint density at radius 3 is 0.913 bits per heavy atom. The van der Waals surface area contributed by atoms with Crippen LogP contribution in [-0.4, -0.2) is 78.6 Å². The van der Waals surface area contributed by atoms with E-state index in [1.807, 2.05) is 0 Å². The van der Waals surface area contributed by atoms with Gasteiger partial charge in [-0.2, -0.15) is 0 Å². The monoisotopic (exact) mass is 659 g/mol. The summed E-state index contributed by atoms with van der Waals surface area (Å²) in [5, 5.41) is 0. The van der Waals surface area contributed by atoms with E-state index in [0.717, 1.165) is 25.9 Å². The lowest BCUT2D eigenvalue weighted by Gasteiger charge is -2.08. The Balaban J connectivity index is 3.12. The quantitative estimate of drug-likeness (QED) is 0.0478. The minimum absolute atomic E-state index is 0.115. The van der Waals surface area contributed by atoms with Crippen LogP contribution in [0.5, 0.6) is 0 Å². The van der Waals surface area contributed by atoms with E-state index in [9.17, 15) is 4.79 Å². The minimum atomic E-state index is -0.115. The van der Waals surface area contributed by atoms with Gasteiger partial charge in [0.15, 0.2) is 0 Å². The van der Waals surface area contributed by atoms with Crippen molar-refractivity contribution in [3.05, 3.63) is 0 Å². The Hall–Kier alpha value is -0.730. The Kier molecular flexibility index (Phi) is 41.6. The largest absolute Gasteiger partial charge is 0.463 e. The molecule has 0 bridgehead atoms. The Bertz CT molecular complexity index is 560. The van der Waals surface area contributed by atoms with Gasteiger partial charge in [-0.05, 0) is 12.8 Å². The van der Waals surface area contributed by atoms with Gasteiger partial charge in [-0.3, -0.25) is 4.79 Å². The van der Waals surface area contributed by atoms with Gasteiger partial charge in [0.2, 0.25) is 0 Å². The number of ether oxygens (including phenoxy) is 6. The summed E-state index contributed by atoms with van der Waals surface area (Å²) in [6.07, 6.45) is 32.4. The first-order valence-corrected chi connectivity index (χ1v) is 19.9. The maximum absolute atomic E-state index is 11.9. The van der Waals surface area contributed by atoms with Crippen LogP contribution in [0.3, 0.4) is 0 Å². The summed E-state index contributed by atoms with van der Waals surface area (Å²) in [5.41, 5.74) is 0. The van der Waals surface area contributed by atoms with Crippen molar-refractivity contribution >= 4 is 5.97 Å². The predicted molar refractivity (Wildman–Crippen MR) is 192 cm³/mol. The summed E-state index contributed by atoms with van der Waals surface area (Å²) in [4.78, 5) is 11.9. The van der Waals surface area contributed by atoms with E-state index in [4.69, 9.17) is 28.4 Å². The second-order valence-electron chi connectivity index (χ2n) is 12.8. The molecular formula is C39H78O7. The van der Waals surface area contributed by atoms with Crippen molar-refractivity contribution in [2.45, 2.75) is 174 Å². The fourth-order valence-corrected chi connectivity index (χ4v) is 5.42. The maximum atomic E-state index is 11.9. The van der Waals surface area contributed by atoms with Crippen molar-refractivity contribution in [1.82, 2.24) is 0 Å². The van der Waals surface area contributed by atoms with Crippen LogP contribution >= 0.6 is 0 Å². The molecule has 7 heteroatoms. The van der Waals surface area contributed by atoms with Crippen LogP contribution in [0.1, 0.15) is 174 Å². The molecule has 0 amide bonds. The van der Waals surface area contributed by atoms with Crippen LogP contribution in [0, 0.1) is 0 Å². The smallest absolute Gasteiger partial charge is 0.305 e. The van der Waals surface area contributed by atoms with Crippen molar-refractivity contribution in [3.63, 3.8) is 0 Å². The van der Waals surface area contributed by atoms with Crippen LogP contribution in [0.4, 0.5) is 0 Å². The van der Waals surface area contributed by atoms with Gasteiger partial charge >= 0.3 is 5.97 Å². The van der Waals surface area contributed by atoms with Crippen LogP contribution in [-0.2, 0) is 33.2 Å². The van der Waals surface area contributed by atoms with E-state index in [2.05, 4.69) is 13.8 Å². The molecule has 0 heterocycles. The molecule has 0 saturated heterocycles. The molecule has 0 aliphatic rings. The maximum Gasteiger partial charge on any atom is 0.305 e. The second kappa shape index (κ2) is 42.3. The van der Waals surface area contributed by atoms with Gasteiger partial charge < -0.3 is 28.4 Å². The van der Waals surface area contributed by atoms with Crippen LogP contribution in [0.25, 0.3) is 0 Å². The molecule has 0 aliphatic carbocycles. The molecule has 0 N–H and O–H groups in total. The van der Waals surface area contributed by atoms with Crippen molar-refractivity contribution < 1.29 is 33.2 Å². The molecule has 0 saturated carbocycles. The summed E-state index contributed by atoms with van der Waals surface area (Å²) in [7, 11) is 0. The zero-order valence-electron chi connectivity index (χ0n) is 30.8. The fraction of sp³-hybridized carbons (Fsp3) is 0.974. The second-order valence-corrected chi connectivity index (χ2v) is 12.8. The zero-order valence-corrected chi connectivity index (χ0v) is 30.8. The first kappa shape index (κ1) is 45.3. The fourth-order valence-electron chi connectivity index (χ4n) is 5.42. The van der Waals surface area contributed by atoms with Crippen molar-refractivity contribution in [2.24, 2.45) is 0 Å². The Morgan fingerprint density at radius 1 is 0.304 bits per heavy atom. The molecule has 0 aromatic carbocycles. The number of hydrogen-bond donors (Lipinski definition) is 0. The van der Waals surface area contributed by atoms with E-state index in [0.29, 0.717) is 72.5 Å². The highest BCUT2D eigenvalue weighted by Gasteiger charge is 2.03. The third kappa shape index (κ3) is 41.3. The first-order chi connectivity index (χ1) is 22.8. The number of unbranched alkanes of at least 4 members (excludes halogenated alkanes) is 22. The van der Waals surface area contributed by atoms with Crippen LogP contribution in [0.15, 0.2) is 0 Å². The molecule has 0 fully saturated rings. The molecule has 276 valence electrons. The number of esters is 1. The van der Waals surface area contributed by atoms with E-state index >= 15 is 0 Å². The molecule has 0 spiro atoms. The number of rotatable bonds is 41. The lowest BCUT2D eigenvalue weighted by Crippen LogP contribution is -2.15. The molecule has 7 nitrogen and oxygen atoms in total. The van der Waals surface area contributed by atoms with E-state index in [1.165, 1.54) is 135 Å². The average molecular weight is 659 g/mol. The topological polar surface area (TPSA) is 72.5 Å². The average Bonchev–Trinajstić information content (AvgIpc) is 3.06. The molecule has 0 unspecified atom stereocenters. The minimum Gasteiger partial charge on any atom is -0.463 e. The van der Waals surface area contributed by atoms with E-state index < -0.39 is 0 Å². The van der Waals surface area contributed by atoms with Gasteiger partial charge in [0.25, 0.3) is 0 Å². The highest BCUT2D eigenvalue weighted by atomic mass is 16.6. The summed E-state index contributed by atoms with van der Waals surface area (Å²) in [5.74, 6) is -0.115. The van der Waals surface area contributed by atoms with Crippen LogP contribution in [0.2, 0.25) is 0 Å². The standard InChI is InChI=1S/C39H78O7/c1-3-5-7-9-11-13-15-16-17-19-21-23-25-27-39(40)46-38-37-45-36-35-44-34-33-43-32-31-42-30-29-41-28-26-24-22-20-18-14-12-10-8-6-4-2/h3-38H2,1-2H3. The first-order valence-electron chi connectivity index (χ1n) is 19.9. The lowest BCUT2D eigenvalue weighted by molar-refractivity contribution is -0.145. The summed E-state index contributed by atoms with van der Waals surface area (Å²) in [6, 6.07) is 0. The number of carbonyl (C=O) groups excluding carboxylic acids is 1. The zero-order chi connectivity index (χ0) is 33.3. The molecule has 0 aliphatic heterocycles. The summed E-state index contributed by atoms with van der Waals surface area (Å²) >= 11 is 0. The number of hydrogen-bond acceptors (Lipinski definition) is 7. The van der Waals surface area contributed by atoms with Gasteiger partial charge in [0.05, 0.1) is 59.5 Å². The predicted octanol–water partition coefficient (Wildman–Crippen LogP) is 10.4. The lowest BCUT2D eigenvalue weighted by atomic mass is 10.0. The molecule has 0 radical (unpaired) electrons. The highest BCUT2D eigenvalue weighted by Crippen LogP contribution is 2.13. The van der Waals surface area contributed by atoms with Gasteiger partial charge in [-0.1, -0.05) is 155 Å².